The second-order valence-corrected chi connectivity index (χ2v) is 11.0. The van der Waals surface area contributed by atoms with E-state index in [1.165, 1.54) is 25.0 Å². The first kappa shape index (κ1) is 26.6. The lowest BCUT2D eigenvalue weighted by Gasteiger charge is -2.60. The first-order valence-electron chi connectivity index (χ1n) is 13.2. The Balaban J connectivity index is 1.34. The number of likely N-dealkylation sites (tertiary alicyclic amines) is 1. The van der Waals surface area contributed by atoms with E-state index < -0.39 is 28.7 Å². The van der Waals surface area contributed by atoms with Gasteiger partial charge in [0.05, 0.1) is 11.2 Å². The van der Waals surface area contributed by atoms with Crippen molar-refractivity contribution in [3.05, 3.63) is 65.2 Å². The van der Waals surface area contributed by atoms with Gasteiger partial charge in [-0.2, -0.15) is 13.2 Å². The molecule has 2 aliphatic carbocycles. The third kappa shape index (κ3) is 5.41. The van der Waals surface area contributed by atoms with Crippen molar-refractivity contribution >= 4 is 5.91 Å². The average Bonchev–Trinajstić information content (AvgIpc) is 3.71. The second kappa shape index (κ2) is 10.3. The Morgan fingerprint density at radius 2 is 1.92 bits per heavy atom. The van der Waals surface area contributed by atoms with Crippen LogP contribution in [-0.4, -0.2) is 54.3 Å². The van der Waals surface area contributed by atoms with Gasteiger partial charge >= 0.3 is 6.18 Å². The van der Waals surface area contributed by atoms with E-state index in [0.29, 0.717) is 12.0 Å². The van der Waals surface area contributed by atoms with Crippen LogP contribution in [-0.2, 0) is 21.1 Å². The molecule has 1 amide bonds. The number of amides is 1. The van der Waals surface area contributed by atoms with Gasteiger partial charge in [-0.25, -0.2) is 0 Å². The molecule has 2 aromatic carbocycles. The molecule has 202 valence electrons. The Kier molecular flexibility index (Phi) is 7.19. The molecule has 0 aromatic heterocycles. The molecule has 2 aromatic rings. The third-order valence-corrected chi connectivity index (χ3v) is 8.57. The van der Waals surface area contributed by atoms with Crippen LogP contribution in [0.2, 0.25) is 0 Å². The van der Waals surface area contributed by atoms with E-state index in [1.54, 1.807) is 13.2 Å². The van der Waals surface area contributed by atoms with Crippen molar-refractivity contribution in [3.8, 4) is 17.6 Å². The Morgan fingerprint density at radius 3 is 2.58 bits per heavy atom. The highest BCUT2D eigenvalue weighted by Crippen LogP contribution is 2.54. The van der Waals surface area contributed by atoms with Gasteiger partial charge < -0.3 is 20.1 Å². The van der Waals surface area contributed by atoms with Gasteiger partial charge in [0.1, 0.15) is 5.75 Å². The van der Waals surface area contributed by atoms with E-state index >= 15 is 0 Å². The summed E-state index contributed by atoms with van der Waals surface area (Å²) in [5.74, 6) is 5.73. The van der Waals surface area contributed by atoms with E-state index in [1.807, 2.05) is 18.2 Å². The number of hydrogen-bond donors (Lipinski definition) is 2. The van der Waals surface area contributed by atoms with Crippen molar-refractivity contribution in [2.45, 2.75) is 61.8 Å². The van der Waals surface area contributed by atoms with Crippen LogP contribution < -0.4 is 5.32 Å². The number of methoxy groups -OCH3 is 1. The fourth-order valence-corrected chi connectivity index (χ4v) is 6.43. The minimum atomic E-state index is -4.42. The number of carbonyl (C=O) groups is 1. The molecule has 1 heterocycles. The fraction of sp³-hybridized carbons (Fsp3) is 0.500. The van der Waals surface area contributed by atoms with E-state index in [2.05, 4.69) is 22.1 Å². The number of hydrogen-bond acceptors (Lipinski definition) is 4. The summed E-state index contributed by atoms with van der Waals surface area (Å²) in [7, 11) is 1.77. The summed E-state index contributed by atoms with van der Waals surface area (Å²) in [6.07, 6.45) is 1.12. The number of phenolic OH excluding ortho intramolecular Hbond substituents is 1. The van der Waals surface area contributed by atoms with Crippen LogP contribution in [0.3, 0.4) is 0 Å². The maximum absolute atomic E-state index is 12.8. The largest absolute Gasteiger partial charge is 0.508 e. The van der Waals surface area contributed by atoms with Crippen molar-refractivity contribution in [1.82, 2.24) is 10.2 Å². The normalized spacial score (nSPS) is 27.6. The van der Waals surface area contributed by atoms with Crippen molar-refractivity contribution in [2.24, 2.45) is 5.92 Å². The highest BCUT2D eigenvalue weighted by Gasteiger charge is 2.59. The number of nitrogens with zero attached hydrogens (tertiary/aromatic N) is 1. The monoisotopic (exact) mass is 526 g/mol. The van der Waals surface area contributed by atoms with Gasteiger partial charge in [-0.1, -0.05) is 18.1 Å². The van der Waals surface area contributed by atoms with E-state index in [0.717, 1.165) is 62.5 Å². The molecule has 0 bridgehead atoms. The summed E-state index contributed by atoms with van der Waals surface area (Å²) in [6, 6.07) is 11.7. The molecule has 0 spiro atoms. The van der Waals surface area contributed by atoms with Crippen LogP contribution in [0.5, 0.6) is 5.75 Å². The number of ether oxygens (including phenoxy) is 1. The molecule has 5 rings (SSSR count). The number of alkyl halides is 3. The van der Waals surface area contributed by atoms with Crippen LogP contribution in [0.15, 0.2) is 48.5 Å². The molecule has 5 nitrogen and oxygen atoms in total. The predicted molar refractivity (Wildman–Crippen MR) is 137 cm³/mol. The lowest BCUT2D eigenvalue weighted by atomic mass is 9.55. The molecule has 1 saturated heterocycles. The van der Waals surface area contributed by atoms with Gasteiger partial charge in [-0.3, -0.25) is 4.79 Å². The Morgan fingerprint density at radius 1 is 1.16 bits per heavy atom. The summed E-state index contributed by atoms with van der Waals surface area (Å²) in [6.45, 7) is 2.82. The molecule has 0 unspecified atom stereocenters. The van der Waals surface area contributed by atoms with Crippen LogP contribution in [0.4, 0.5) is 13.2 Å². The Bertz CT molecular complexity index is 1230. The van der Waals surface area contributed by atoms with Crippen LogP contribution in [0.1, 0.15) is 55.2 Å². The van der Waals surface area contributed by atoms with E-state index in [4.69, 9.17) is 4.74 Å². The molecule has 2 saturated carbocycles. The maximum atomic E-state index is 12.8. The number of nitrogens with one attached hydrogen (secondary N) is 1. The molecule has 3 fully saturated rings. The zero-order chi connectivity index (χ0) is 27.0. The number of fused-ring (bicyclic) bond motifs is 1. The second-order valence-electron chi connectivity index (χ2n) is 11.0. The molecule has 3 aliphatic rings. The number of piperidine rings is 1. The number of halogens is 3. The molecule has 8 heteroatoms. The number of rotatable bonds is 5. The van der Waals surface area contributed by atoms with Crippen LogP contribution in [0.25, 0.3) is 0 Å². The third-order valence-electron chi connectivity index (χ3n) is 8.57. The van der Waals surface area contributed by atoms with E-state index in [-0.39, 0.29) is 11.8 Å². The van der Waals surface area contributed by atoms with Crippen LogP contribution >= 0.6 is 0 Å². The number of aromatic hydroxyl groups is 1. The predicted octanol–water partition coefficient (Wildman–Crippen LogP) is 4.87. The lowest BCUT2D eigenvalue weighted by Crippen LogP contribution is -2.68. The van der Waals surface area contributed by atoms with Crippen molar-refractivity contribution in [2.75, 3.05) is 26.7 Å². The topological polar surface area (TPSA) is 61.8 Å². The highest BCUT2D eigenvalue weighted by molar-refractivity contribution is 5.94. The van der Waals surface area contributed by atoms with E-state index in [9.17, 15) is 23.1 Å². The fourth-order valence-electron chi connectivity index (χ4n) is 6.43. The molecule has 0 radical (unpaired) electrons. The molecule has 38 heavy (non-hydrogen) atoms. The maximum Gasteiger partial charge on any atom is 0.416 e. The van der Waals surface area contributed by atoms with Gasteiger partial charge in [-0.05, 0) is 92.9 Å². The first-order chi connectivity index (χ1) is 18.1. The minimum Gasteiger partial charge on any atom is -0.508 e. The molecular weight excluding hydrogens is 493 g/mol. The number of benzene rings is 2. The average molecular weight is 527 g/mol. The van der Waals surface area contributed by atoms with Crippen LogP contribution in [0, 0.1) is 17.8 Å². The van der Waals surface area contributed by atoms with Gasteiger partial charge in [0.15, 0.2) is 0 Å². The Labute approximate surface area is 221 Å². The smallest absolute Gasteiger partial charge is 0.416 e. The summed E-state index contributed by atoms with van der Waals surface area (Å²) < 4.78 is 44.7. The molecule has 2 N–H and O–H groups in total. The zero-order valence-electron chi connectivity index (χ0n) is 21.5. The zero-order valence-corrected chi connectivity index (χ0v) is 21.5. The summed E-state index contributed by atoms with van der Waals surface area (Å²) >= 11 is 0. The number of phenols is 1. The van der Waals surface area contributed by atoms with Gasteiger partial charge in [0.25, 0.3) is 5.91 Å². The van der Waals surface area contributed by atoms with Crippen molar-refractivity contribution < 1.29 is 27.8 Å². The van der Waals surface area contributed by atoms with Crippen molar-refractivity contribution in [1.29, 1.82) is 0 Å². The molecule has 1 aliphatic heterocycles. The lowest BCUT2D eigenvalue weighted by molar-refractivity contribution is -0.150. The first-order valence-corrected chi connectivity index (χ1v) is 13.2. The SMILES string of the molecule is CO[C@]12CC[C@H](NC(=O)C#Cc3ccc(C(F)(F)F)cc3)C[C@]1(c1cccc(O)c1)CCN(CC1CC1)C2. The summed E-state index contributed by atoms with van der Waals surface area (Å²) in [4.78, 5) is 15.3. The van der Waals surface area contributed by atoms with Crippen molar-refractivity contribution in [3.63, 3.8) is 0 Å². The highest BCUT2D eigenvalue weighted by atomic mass is 19.4. The quantitative estimate of drug-likeness (QED) is 0.546. The van der Waals surface area contributed by atoms with Gasteiger partial charge in [0, 0.05) is 43.1 Å². The minimum absolute atomic E-state index is 0.148. The van der Waals surface area contributed by atoms with Gasteiger partial charge in [-0.15, -0.1) is 0 Å². The Hall–Kier alpha value is -3.02. The summed E-state index contributed by atoms with van der Waals surface area (Å²) in [5, 5.41) is 13.4. The number of carbonyl (C=O) groups excluding carboxylic acids is 1. The molecular formula is C30H33F3N2O3. The molecule has 3 atom stereocenters. The van der Waals surface area contributed by atoms with Gasteiger partial charge in [0.2, 0.25) is 0 Å². The standard InChI is InChI=1S/C30H33F3N2O3/c1-38-29-14-13-25(34-27(37)12-9-21-7-10-23(11-8-21)30(31,32)33)18-28(29,24-3-2-4-26(36)17-24)15-16-35(20-29)19-22-5-6-22/h2-4,7-8,10-11,17,22,25,36H,5-6,13-16,18-20H2,1H3,(H,34,37)/t25-,28-,29-/m0/s1. The summed E-state index contributed by atoms with van der Waals surface area (Å²) in [5.41, 5.74) is -0.231.